The first-order valence-corrected chi connectivity index (χ1v) is 14.8. The molecule has 1 aliphatic heterocycles. The molecule has 1 heterocycles. The zero-order chi connectivity index (χ0) is 25.1. The van der Waals surface area contributed by atoms with E-state index in [0.29, 0.717) is 18.9 Å². The fourth-order valence-corrected chi connectivity index (χ4v) is 9.62. The Bertz CT molecular complexity index is 1230. The van der Waals surface area contributed by atoms with Gasteiger partial charge in [-0.2, -0.15) is 4.31 Å². The third-order valence-electron chi connectivity index (χ3n) is 9.40. The van der Waals surface area contributed by atoms with E-state index in [4.69, 9.17) is 0 Å². The van der Waals surface area contributed by atoms with Crippen molar-refractivity contribution in [1.29, 1.82) is 0 Å². The number of sulfonamides is 1. The zero-order valence-corrected chi connectivity index (χ0v) is 21.7. The maximum atomic E-state index is 13.8. The smallest absolute Gasteiger partial charge is 0.244 e. The molecule has 1 saturated heterocycles. The number of nitrogens with zero attached hydrogens (tertiary/aromatic N) is 1. The summed E-state index contributed by atoms with van der Waals surface area (Å²) < 4.78 is 29.1. The van der Waals surface area contributed by atoms with Crippen LogP contribution < -0.4 is 5.32 Å². The molecule has 3 unspecified atom stereocenters. The van der Waals surface area contributed by atoms with Gasteiger partial charge in [-0.05, 0) is 99.3 Å². The average molecular weight is 509 g/mol. The first-order valence-electron chi connectivity index (χ1n) is 13.4. The number of benzene rings is 2. The van der Waals surface area contributed by atoms with Gasteiger partial charge in [0, 0.05) is 12.6 Å². The Morgan fingerprint density at radius 2 is 1.58 bits per heavy atom. The van der Waals surface area contributed by atoms with Crippen molar-refractivity contribution in [2.45, 2.75) is 80.4 Å². The maximum Gasteiger partial charge on any atom is 0.244 e. The number of nitrogens with one attached hydrogen (secondary N) is 1. The second kappa shape index (κ2) is 8.67. The van der Waals surface area contributed by atoms with Gasteiger partial charge in [0.05, 0.1) is 10.5 Å². The lowest BCUT2D eigenvalue weighted by Crippen LogP contribution is -2.66. The fraction of sp³-hybridized carbons (Fsp3) is 0.552. The summed E-state index contributed by atoms with van der Waals surface area (Å²) in [5.74, 6) is 0.943. The van der Waals surface area contributed by atoms with Gasteiger partial charge in [-0.1, -0.05) is 42.5 Å². The highest BCUT2D eigenvalue weighted by Gasteiger charge is 2.56. The molecule has 3 atom stereocenters. The van der Waals surface area contributed by atoms with E-state index in [2.05, 4.69) is 5.32 Å². The second-order valence-electron chi connectivity index (χ2n) is 11.9. The molecule has 2 N–H and O–H groups in total. The van der Waals surface area contributed by atoms with Gasteiger partial charge < -0.3 is 10.4 Å². The van der Waals surface area contributed by atoms with Crippen LogP contribution in [0.3, 0.4) is 0 Å². The number of piperidine rings is 1. The van der Waals surface area contributed by atoms with Gasteiger partial charge in [0.1, 0.15) is 5.54 Å². The number of aliphatic hydroxyl groups is 1. The molecule has 0 radical (unpaired) electrons. The van der Waals surface area contributed by atoms with E-state index in [-0.39, 0.29) is 28.7 Å². The largest absolute Gasteiger partial charge is 0.390 e. The van der Waals surface area contributed by atoms with Crippen molar-refractivity contribution < 1.29 is 18.3 Å². The van der Waals surface area contributed by atoms with Crippen LogP contribution >= 0.6 is 0 Å². The van der Waals surface area contributed by atoms with E-state index < -0.39 is 21.2 Å². The van der Waals surface area contributed by atoms with E-state index in [1.165, 1.54) is 4.31 Å². The number of carbonyl (C=O) groups excluding carboxylic acids is 1. The van der Waals surface area contributed by atoms with Gasteiger partial charge in [-0.3, -0.25) is 4.79 Å². The Hall–Kier alpha value is -2.22. The molecule has 7 rings (SSSR count). The summed E-state index contributed by atoms with van der Waals surface area (Å²) in [5.41, 5.74) is 0.301. The Morgan fingerprint density at radius 1 is 0.944 bits per heavy atom. The van der Waals surface area contributed by atoms with Crippen LogP contribution in [0.15, 0.2) is 59.5 Å². The minimum absolute atomic E-state index is 0.0304. The van der Waals surface area contributed by atoms with Gasteiger partial charge in [-0.25, -0.2) is 8.42 Å². The van der Waals surface area contributed by atoms with E-state index in [0.717, 1.165) is 56.1 Å². The van der Waals surface area contributed by atoms with Crippen molar-refractivity contribution in [3.05, 3.63) is 54.6 Å². The second-order valence-corrected chi connectivity index (χ2v) is 13.8. The molecule has 192 valence electrons. The number of amides is 1. The predicted molar refractivity (Wildman–Crippen MR) is 138 cm³/mol. The average Bonchev–Trinajstić information content (AvgIpc) is 2.86. The van der Waals surface area contributed by atoms with Crippen LogP contribution in [-0.2, 0) is 14.8 Å². The Morgan fingerprint density at radius 3 is 2.22 bits per heavy atom. The van der Waals surface area contributed by atoms with Gasteiger partial charge in [0.15, 0.2) is 0 Å². The topological polar surface area (TPSA) is 86.7 Å². The summed E-state index contributed by atoms with van der Waals surface area (Å²) in [6, 6.07) is 16.9. The fourth-order valence-electron chi connectivity index (χ4n) is 7.81. The van der Waals surface area contributed by atoms with Crippen LogP contribution in [0.2, 0.25) is 0 Å². The Kier molecular flexibility index (Phi) is 5.82. The first-order chi connectivity index (χ1) is 17.2. The van der Waals surface area contributed by atoms with Crippen LogP contribution in [0.1, 0.15) is 58.3 Å². The van der Waals surface area contributed by atoms with E-state index >= 15 is 0 Å². The lowest BCUT2D eigenvalue weighted by Gasteiger charge is -2.58. The standard InChI is InChI=1S/C29H36N2O4S/c1-28(27(32)30-26-23-15-20-16-24(26)19-29(33,17-20)18-23)13-5-6-14-31(28)36(34,35)25-11-9-22(10-12-25)21-7-3-2-4-8-21/h2-4,7-12,20,23-24,26,33H,5-6,13-19H2,1H3,(H,30,32). The highest BCUT2D eigenvalue weighted by Crippen LogP contribution is 2.55. The van der Waals surface area contributed by atoms with Crippen LogP contribution in [0.5, 0.6) is 0 Å². The van der Waals surface area contributed by atoms with Crippen LogP contribution in [0.4, 0.5) is 0 Å². The number of hydrogen-bond donors (Lipinski definition) is 2. The molecule has 1 amide bonds. The Balaban J connectivity index is 1.24. The SMILES string of the molecule is CC1(C(=O)NC2C3CC4CC2CC(O)(C4)C3)CCCCN1S(=O)(=O)c1ccc(-c2ccccc2)cc1. The minimum Gasteiger partial charge on any atom is -0.390 e. The molecule has 4 bridgehead atoms. The van der Waals surface area contributed by atoms with E-state index in [1.807, 2.05) is 42.5 Å². The lowest BCUT2D eigenvalue weighted by atomic mass is 9.52. The third kappa shape index (κ3) is 4.00. The molecule has 0 aromatic heterocycles. The van der Waals surface area contributed by atoms with Crippen molar-refractivity contribution in [2.75, 3.05) is 6.54 Å². The van der Waals surface area contributed by atoms with Gasteiger partial charge in [0.25, 0.3) is 0 Å². The maximum absolute atomic E-state index is 13.8. The molecule has 5 fully saturated rings. The summed E-state index contributed by atoms with van der Waals surface area (Å²) in [6.07, 6.45) is 6.57. The normalized spacial score (nSPS) is 36.1. The molecule has 4 aliphatic carbocycles. The highest BCUT2D eigenvalue weighted by molar-refractivity contribution is 7.89. The van der Waals surface area contributed by atoms with Gasteiger partial charge >= 0.3 is 0 Å². The molecule has 36 heavy (non-hydrogen) atoms. The van der Waals surface area contributed by atoms with Crippen LogP contribution in [0.25, 0.3) is 11.1 Å². The lowest BCUT2D eigenvalue weighted by molar-refractivity contribution is -0.151. The van der Waals surface area contributed by atoms with Crippen molar-refractivity contribution in [3.63, 3.8) is 0 Å². The monoisotopic (exact) mass is 508 g/mol. The molecule has 6 nitrogen and oxygen atoms in total. The first kappa shape index (κ1) is 24.1. The van der Waals surface area contributed by atoms with Gasteiger partial charge in [-0.15, -0.1) is 0 Å². The van der Waals surface area contributed by atoms with Crippen molar-refractivity contribution in [2.24, 2.45) is 17.8 Å². The van der Waals surface area contributed by atoms with Crippen molar-refractivity contribution >= 4 is 15.9 Å². The number of carbonyl (C=O) groups is 1. The molecule has 0 spiro atoms. The van der Waals surface area contributed by atoms with Crippen LogP contribution in [0, 0.1) is 17.8 Å². The third-order valence-corrected chi connectivity index (χ3v) is 11.4. The quantitative estimate of drug-likeness (QED) is 0.629. The van der Waals surface area contributed by atoms with Crippen molar-refractivity contribution in [1.82, 2.24) is 9.62 Å². The molecule has 7 heteroatoms. The van der Waals surface area contributed by atoms with Gasteiger partial charge in [0.2, 0.25) is 15.9 Å². The molecular weight excluding hydrogens is 472 g/mol. The molecular formula is C29H36N2O4S. The van der Waals surface area contributed by atoms with Crippen LogP contribution in [-0.4, -0.2) is 47.5 Å². The summed E-state index contributed by atoms with van der Waals surface area (Å²) in [6.45, 7) is 2.13. The summed E-state index contributed by atoms with van der Waals surface area (Å²) >= 11 is 0. The predicted octanol–water partition coefficient (Wildman–Crippen LogP) is 4.34. The molecule has 2 aromatic rings. The Labute approximate surface area is 214 Å². The molecule has 2 aromatic carbocycles. The summed E-state index contributed by atoms with van der Waals surface area (Å²) in [4.78, 5) is 14.1. The van der Waals surface area contributed by atoms with E-state index in [1.54, 1.807) is 19.1 Å². The minimum atomic E-state index is -3.85. The number of hydrogen-bond acceptors (Lipinski definition) is 4. The summed E-state index contributed by atoms with van der Waals surface area (Å²) in [5, 5.41) is 14.2. The van der Waals surface area contributed by atoms with Crippen molar-refractivity contribution in [3.8, 4) is 11.1 Å². The molecule has 4 saturated carbocycles. The highest BCUT2D eigenvalue weighted by atomic mass is 32.2. The molecule has 5 aliphatic rings. The summed E-state index contributed by atoms with van der Waals surface area (Å²) in [7, 11) is -3.85. The number of rotatable bonds is 5. The van der Waals surface area contributed by atoms with E-state index in [9.17, 15) is 18.3 Å². The zero-order valence-electron chi connectivity index (χ0n) is 20.9.